The maximum Gasteiger partial charge on any atom is 0.203 e. The van der Waals surface area contributed by atoms with Gasteiger partial charge in [-0.15, -0.1) is 0 Å². The van der Waals surface area contributed by atoms with Crippen molar-refractivity contribution in [3.63, 3.8) is 0 Å². The highest BCUT2D eigenvalue weighted by Crippen LogP contribution is 2.11. The zero-order valence-electron chi connectivity index (χ0n) is 10.3. The summed E-state index contributed by atoms with van der Waals surface area (Å²) in [7, 11) is 0. The van der Waals surface area contributed by atoms with Crippen molar-refractivity contribution in [1.82, 2.24) is 14.5 Å². The van der Waals surface area contributed by atoms with Crippen molar-refractivity contribution in [2.75, 3.05) is 11.9 Å². The van der Waals surface area contributed by atoms with Gasteiger partial charge in [0.2, 0.25) is 5.95 Å². The average molecular weight is 230 g/mol. The molecular weight excluding hydrogens is 212 g/mol. The Morgan fingerprint density at radius 3 is 2.88 bits per heavy atom. The average Bonchev–Trinajstić information content (AvgIpc) is 2.78. The van der Waals surface area contributed by atoms with Crippen LogP contribution in [0.3, 0.4) is 0 Å². The predicted octanol–water partition coefficient (Wildman–Crippen LogP) is 2.32. The SMILES string of the molecule is CCNc1nccn1Cc1ncccc1CC. The normalized spacial score (nSPS) is 10.5. The van der Waals surface area contributed by atoms with Gasteiger partial charge in [0.25, 0.3) is 0 Å². The first kappa shape index (κ1) is 11.6. The van der Waals surface area contributed by atoms with Gasteiger partial charge in [-0.1, -0.05) is 13.0 Å². The van der Waals surface area contributed by atoms with Crippen LogP contribution in [0.2, 0.25) is 0 Å². The molecule has 0 saturated carbocycles. The van der Waals surface area contributed by atoms with Crippen LogP contribution in [0.4, 0.5) is 5.95 Å². The van der Waals surface area contributed by atoms with Gasteiger partial charge in [-0.3, -0.25) is 4.98 Å². The minimum atomic E-state index is 0.770. The molecule has 17 heavy (non-hydrogen) atoms. The quantitative estimate of drug-likeness (QED) is 0.857. The van der Waals surface area contributed by atoms with E-state index in [-0.39, 0.29) is 0 Å². The lowest BCUT2D eigenvalue weighted by molar-refractivity contribution is 0.763. The van der Waals surface area contributed by atoms with Gasteiger partial charge in [0.1, 0.15) is 0 Å². The zero-order chi connectivity index (χ0) is 12.1. The van der Waals surface area contributed by atoms with Crippen molar-refractivity contribution >= 4 is 5.95 Å². The lowest BCUT2D eigenvalue weighted by atomic mass is 10.1. The molecule has 0 bridgehead atoms. The Bertz CT molecular complexity index is 476. The maximum atomic E-state index is 4.45. The molecule has 2 rings (SSSR count). The second-order valence-electron chi connectivity index (χ2n) is 3.87. The molecule has 0 unspecified atom stereocenters. The third kappa shape index (κ3) is 2.64. The number of aryl methyl sites for hydroxylation is 1. The molecule has 0 spiro atoms. The van der Waals surface area contributed by atoms with Crippen LogP contribution in [0.25, 0.3) is 0 Å². The molecule has 90 valence electrons. The number of hydrogen-bond acceptors (Lipinski definition) is 3. The molecule has 2 aromatic rings. The second kappa shape index (κ2) is 5.48. The number of imidazole rings is 1. The molecule has 0 atom stereocenters. The van der Waals surface area contributed by atoms with E-state index in [0.717, 1.165) is 31.2 Å². The van der Waals surface area contributed by atoms with Gasteiger partial charge < -0.3 is 9.88 Å². The summed E-state index contributed by atoms with van der Waals surface area (Å²) in [5, 5.41) is 3.24. The van der Waals surface area contributed by atoms with E-state index in [1.165, 1.54) is 5.56 Å². The van der Waals surface area contributed by atoms with E-state index in [2.05, 4.69) is 39.8 Å². The van der Waals surface area contributed by atoms with E-state index in [0.29, 0.717) is 0 Å². The lowest BCUT2D eigenvalue weighted by Crippen LogP contribution is -2.09. The van der Waals surface area contributed by atoms with E-state index in [9.17, 15) is 0 Å². The van der Waals surface area contributed by atoms with Crippen molar-refractivity contribution in [3.05, 3.63) is 42.0 Å². The summed E-state index contributed by atoms with van der Waals surface area (Å²) in [6.07, 6.45) is 6.64. The fourth-order valence-corrected chi connectivity index (χ4v) is 1.86. The van der Waals surface area contributed by atoms with Crippen molar-refractivity contribution in [2.45, 2.75) is 26.8 Å². The highest BCUT2D eigenvalue weighted by Gasteiger charge is 2.05. The van der Waals surface area contributed by atoms with Gasteiger partial charge in [0, 0.05) is 25.1 Å². The summed E-state index contributed by atoms with van der Waals surface area (Å²) in [5.74, 6) is 0.903. The largest absolute Gasteiger partial charge is 0.356 e. The van der Waals surface area contributed by atoms with E-state index in [4.69, 9.17) is 0 Å². The molecule has 0 aliphatic heterocycles. The van der Waals surface area contributed by atoms with Crippen molar-refractivity contribution in [2.24, 2.45) is 0 Å². The molecule has 4 heteroatoms. The predicted molar refractivity (Wildman–Crippen MR) is 69.1 cm³/mol. The molecule has 0 aliphatic carbocycles. The first-order valence-corrected chi connectivity index (χ1v) is 6.03. The van der Waals surface area contributed by atoms with Crippen LogP contribution in [0.5, 0.6) is 0 Å². The van der Waals surface area contributed by atoms with Gasteiger partial charge in [-0.05, 0) is 25.0 Å². The summed E-state index contributed by atoms with van der Waals surface area (Å²) in [5.41, 5.74) is 2.41. The summed E-state index contributed by atoms with van der Waals surface area (Å²) in [6.45, 7) is 5.86. The molecule has 4 nitrogen and oxygen atoms in total. The Balaban J connectivity index is 2.22. The Kier molecular flexibility index (Phi) is 3.75. The Hall–Kier alpha value is -1.84. The Morgan fingerprint density at radius 1 is 1.24 bits per heavy atom. The van der Waals surface area contributed by atoms with Crippen LogP contribution < -0.4 is 5.32 Å². The zero-order valence-corrected chi connectivity index (χ0v) is 10.3. The first-order chi connectivity index (χ1) is 8.35. The molecule has 0 saturated heterocycles. The van der Waals surface area contributed by atoms with Crippen molar-refractivity contribution in [1.29, 1.82) is 0 Å². The monoisotopic (exact) mass is 230 g/mol. The van der Waals surface area contributed by atoms with E-state index in [1.54, 1.807) is 0 Å². The summed E-state index contributed by atoms with van der Waals surface area (Å²) >= 11 is 0. The number of rotatable bonds is 5. The number of nitrogens with zero attached hydrogens (tertiary/aromatic N) is 3. The molecule has 1 N–H and O–H groups in total. The van der Waals surface area contributed by atoms with Crippen LogP contribution in [-0.4, -0.2) is 21.1 Å². The molecule has 0 aromatic carbocycles. The molecule has 2 heterocycles. The van der Waals surface area contributed by atoms with Crippen molar-refractivity contribution in [3.8, 4) is 0 Å². The fraction of sp³-hybridized carbons (Fsp3) is 0.385. The van der Waals surface area contributed by atoms with E-state index < -0.39 is 0 Å². The first-order valence-electron chi connectivity index (χ1n) is 6.03. The number of nitrogens with one attached hydrogen (secondary N) is 1. The van der Waals surface area contributed by atoms with Gasteiger partial charge in [0.05, 0.1) is 12.2 Å². The summed E-state index contributed by atoms with van der Waals surface area (Å²) in [4.78, 5) is 8.73. The number of anilines is 1. The highest BCUT2D eigenvalue weighted by atomic mass is 15.2. The molecule has 2 aromatic heterocycles. The lowest BCUT2D eigenvalue weighted by Gasteiger charge is -2.10. The smallest absolute Gasteiger partial charge is 0.203 e. The van der Waals surface area contributed by atoms with Gasteiger partial charge >= 0.3 is 0 Å². The Labute approximate surface area is 102 Å². The second-order valence-corrected chi connectivity index (χ2v) is 3.87. The third-order valence-corrected chi connectivity index (χ3v) is 2.74. The standard InChI is InChI=1S/C13H18N4/c1-3-11-6-5-7-15-12(11)10-17-9-8-16-13(17)14-4-2/h5-9H,3-4,10H2,1-2H3,(H,14,16). The van der Waals surface area contributed by atoms with Gasteiger partial charge in [0.15, 0.2) is 0 Å². The van der Waals surface area contributed by atoms with Crippen LogP contribution in [0.1, 0.15) is 25.1 Å². The fourth-order valence-electron chi connectivity index (χ4n) is 1.86. The number of aromatic nitrogens is 3. The van der Waals surface area contributed by atoms with Crippen LogP contribution in [0, 0.1) is 0 Å². The molecule has 0 fully saturated rings. The summed E-state index contributed by atoms with van der Waals surface area (Å²) < 4.78 is 2.09. The molecular formula is C13H18N4. The number of hydrogen-bond donors (Lipinski definition) is 1. The molecule has 0 amide bonds. The number of pyridine rings is 1. The summed E-state index contributed by atoms with van der Waals surface area (Å²) in [6, 6.07) is 4.12. The Morgan fingerprint density at radius 2 is 2.12 bits per heavy atom. The van der Waals surface area contributed by atoms with Gasteiger partial charge in [-0.25, -0.2) is 4.98 Å². The van der Waals surface area contributed by atoms with Crippen LogP contribution in [-0.2, 0) is 13.0 Å². The van der Waals surface area contributed by atoms with E-state index >= 15 is 0 Å². The third-order valence-electron chi connectivity index (χ3n) is 2.74. The van der Waals surface area contributed by atoms with E-state index in [1.807, 2.05) is 24.7 Å². The molecule has 0 radical (unpaired) electrons. The minimum Gasteiger partial charge on any atom is -0.356 e. The highest BCUT2D eigenvalue weighted by molar-refractivity contribution is 5.28. The van der Waals surface area contributed by atoms with Crippen LogP contribution >= 0.6 is 0 Å². The molecule has 0 aliphatic rings. The van der Waals surface area contributed by atoms with Crippen molar-refractivity contribution < 1.29 is 0 Å². The van der Waals surface area contributed by atoms with Gasteiger partial charge in [-0.2, -0.15) is 0 Å². The van der Waals surface area contributed by atoms with Crippen LogP contribution in [0.15, 0.2) is 30.7 Å². The topological polar surface area (TPSA) is 42.7 Å². The maximum absolute atomic E-state index is 4.45. The minimum absolute atomic E-state index is 0.770.